The van der Waals surface area contributed by atoms with Crippen LogP contribution >= 0.6 is 0 Å². The molecule has 10 heteroatoms. The Balaban J connectivity index is 1.53. The normalized spacial score (nSPS) is 15.5. The Morgan fingerprint density at radius 2 is 1.90 bits per heavy atom. The number of hydrogen-bond acceptors (Lipinski definition) is 7. The predicted octanol–water partition coefficient (Wildman–Crippen LogP) is 2.19. The van der Waals surface area contributed by atoms with Gasteiger partial charge in [-0.05, 0) is 18.2 Å². The highest BCUT2D eigenvalue weighted by molar-refractivity contribution is 6.00. The van der Waals surface area contributed by atoms with Crippen molar-refractivity contribution in [3.05, 3.63) is 52.6 Å². The fourth-order valence-electron chi connectivity index (χ4n) is 3.44. The van der Waals surface area contributed by atoms with E-state index in [2.05, 4.69) is 10.6 Å². The molecule has 1 aliphatic heterocycles. The van der Waals surface area contributed by atoms with Crippen LogP contribution in [0.5, 0.6) is 11.5 Å². The molecular formula is C21H24N4O6. The summed E-state index contributed by atoms with van der Waals surface area (Å²) >= 11 is 0. The van der Waals surface area contributed by atoms with Crippen LogP contribution in [0.1, 0.15) is 6.42 Å². The fourth-order valence-corrected chi connectivity index (χ4v) is 3.44. The minimum atomic E-state index is -0.480. The molecule has 0 spiro atoms. The van der Waals surface area contributed by atoms with Crippen LogP contribution < -0.4 is 25.0 Å². The van der Waals surface area contributed by atoms with Crippen molar-refractivity contribution in [2.75, 3.05) is 44.1 Å². The lowest BCUT2D eigenvalue weighted by Crippen LogP contribution is -2.35. The van der Waals surface area contributed by atoms with Gasteiger partial charge < -0.3 is 25.0 Å². The van der Waals surface area contributed by atoms with Crippen LogP contribution in [0.2, 0.25) is 0 Å². The first-order valence-electron chi connectivity index (χ1n) is 9.72. The molecule has 1 fully saturated rings. The minimum Gasteiger partial charge on any atom is -0.493 e. The molecule has 2 aromatic carbocycles. The van der Waals surface area contributed by atoms with Crippen molar-refractivity contribution < 1.29 is 24.0 Å². The van der Waals surface area contributed by atoms with E-state index in [-0.39, 0.29) is 37.0 Å². The van der Waals surface area contributed by atoms with Gasteiger partial charge in [-0.25, -0.2) is 0 Å². The summed E-state index contributed by atoms with van der Waals surface area (Å²) in [5.74, 6) is 0.192. The van der Waals surface area contributed by atoms with E-state index in [0.717, 1.165) is 0 Å². The minimum absolute atomic E-state index is 0.0271. The van der Waals surface area contributed by atoms with Gasteiger partial charge in [0, 0.05) is 43.9 Å². The summed E-state index contributed by atoms with van der Waals surface area (Å²) in [6.45, 7) is 0.848. The molecular weight excluding hydrogens is 404 g/mol. The zero-order valence-electron chi connectivity index (χ0n) is 17.3. The number of nitrogens with zero attached hydrogens (tertiary/aromatic N) is 2. The summed E-state index contributed by atoms with van der Waals surface area (Å²) in [5, 5.41) is 16.8. The molecule has 0 saturated carbocycles. The summed E-state index contributed by atoms with van der Waals surface area (Å²) in [4.78, 5) is 37.1. The molecule has 164 valence electrons. The number of nitro groups is 1. The van der Waals surface area contributed by atoms with Crippen molar-refractivity contribution in [3.63, 3.8) is 0 Å². The molecule has 1 aliphatic rings. The number of amides is 2. The number of nitrogens with one attached hydrogen (secondary N) is 2. The highest BCUT2D eigenvalue weighted by Crippen LogP contribution is 2.34. The van der Waals surface area contributed by atoms with Crippen LogP contribution in [0.3, 0.4) is 0 Å². The van der Waals surface area contributed by atoms with Crippen LogP contribution in [-0.2, 0) is 9.59 Å². The number of hydrogen-bond donors (Lipinski definition) is 2. The highest BCUT2D eigenvalue weighted by Gasteiger charge is 2.35. The lowest BCUT2D eigenvalue weighted by atomic mass is 10.1. The van der Waals surface area contributed by atoms with Gasteiger partial charge in [0.05, 0.1) is 25.1 Å². The topological polar surface area (TPSA) is 123 Å². The molecule has 2 N–H and O–H groups in total. The van der Waals surface area contributed by atoms with Gasteiger partial charge in [0.2, 0.25) is 11.8 Å². The van der Waals surface area contributed by atoms with Gasteiger partial charge in [0.15, 0.2) is 11.5 Å². The summed E-state index contributed by atoms with van der Waals surface area (Å²) in [6.07, 6.45) is 0.109. The first kappa shape index (κ1) is 21.9. The molecule has 31 heavy (non-hydrogen) atoms. The van der Waals surface area contributed by atoms with Crippen molar-refractivity contribution in [3.8, 4) is 11.5 Å². The van der Waals surface area contributed by atoms with Crippen molar-refractivity contribution in [1.82, 2.24) is 5.32 Å². The standard InChI is InChI=1S/C21H24N4O6/c1-30-18-8-7-15(12-19(18)31-2)24-13-14(11-20(24)26)21(27)23-10-9-22-16-5-3-4-6-17(16)25(28)29/h3-8,12,14,22H,9-11,13H2,1-2H3,(H,23,27). The third-order valence-corrected chi connectivity index (χ3v) is 5.02. The van der Waals surface area contributed by atoms with E-state index in [0.29, 0.717) is 29.4 Å². The zero-order valence-corrected chi connectivity index (χ0v) is 17.3. The van der Waals surface area contributed by atoms with E-state index in [1.807, 2.05) is 0 Å². The zero-order chi connectivity index (χ0) is 22.4. The van der Waals surface area contributed by atoms with E-state index in [4.69, 9.17) is 9.47 Å². The maximum atomic E-state index is 12.5. The number of benzene rings is 2. The Labute approximate surface area is 179 Å². The summed E-state index contributed by atoms with van der Waals surface area (Å²) in [5.41, 5.74) is 0.995. The van der Waals surface area contributed by atoms with E-state index < -0.39 is 10.8 Å². The molecule has 2 amide bonds. The van der Waals surface area contributed by atoms with Gasteiger partial charge in [-0.15, -0.1) is 0 Å². The van der Waals surface area contributed by atoms with Crippen LogP contribution in [0.15, 0.2) is 42.5 Å². The Hall–Kier alpha value is -3.82. The molecule has 1 saturated heterocycles. The maximum absolute atomic E-state index is 12.5. The highest BCUT2D eigenvalue weighted by atomic mass is 16.6. The first-order valence-corrected chi connectivity index (χ1v) is 9.72. The first-order chi connectivity index (χ1) is 14.9. The maximum Gasteiger partial charge on any atom is 0.292 e. The van der Waals surface area contributed by atoms with Crippen molar-refractivity contribution in [2.24, 2.45) is 5.92 Å². The average Bonchev–Trinajstić information content (AvgIpc) is 3.17. The number of anilines is 2. The molecule has 1 unspecified atom stereocenters. The van der Waals surface area contributed by atoms with E-state index >= 15 is 0 Å². The smallest absolute Gasteiger partial charge is 0.292 e. The molecule has 3 rings (SSSR count). The second-order valence-corrected chi connectivity index (χ2v) is 6.94. The third-order valence-electron chi connectivity index (χ3n) is 5.02. The van der Waals surface area contributed by atoms with Crippen LogP contribution in [0, 0.1) is 16.0 Å². The number of rotatable bonds is 9. The van der Waals surface area contributed by atoms with Gasteiger partial charge in [-0.1, -0.05) is 12.1 Å². The Kier molecular flexibility index (Phi) is 6.91. The summed E-state index contributed by atoms with van der Waals surface area (Å²) in [6, 6.07) is 11.5. The molecule has 1 heterocycles. The van der Waals surface area contributed by atoms with Gasteiger partial charge in [0.25, 0.3) is 5.69 Å². The Morgan fingerprint density at radius 3 is 2.61 bits per heavy atom. The van der Waals surface area contributed by atoms with E-state index in [9.17, 15) is 19.7 Å². The second-order valence-electron chi connectivity index (χ2n) is 6.94. The number of methoxy groups -OCH3 is 2. The molecule has 2 aromatic rings. The molecule has 0 bridgehead atoms. The number of ether oxygens (including phenoxy) is 2. The van der Waals surface area contributed by atoms with Crippen LogP contribution in [-0.4, -0.2) is 50.6 Å². The van der Waals surface area contributed by atoms with Crippen LogP contribution in [0.25, 0.3) is 0 Å². The molecule has 0 aromatic heterocycles. The van der Waals surface area contributed by atoms with E-state index in [1.165, 1.54) is 20.3 Å². The van der Waals surface area contributed by atoms with Crippen LogP contribution in [0.4, 0.5) is 17.1 Å². The fraction of sp³-hybridized carbons (Fsp3) is 0.333. The number of carbonyl (C=O) groups is 2. The lowest BCUT2D eigenvalue weighted by molar-refractivity contribution is -0.384. The van der Waals surface area contributed by atoms with Gasteiger partial charge >= 0.3 is 0 Å². The predicted molar refractivity (Wildman–Crippen MR) is 115 cm³/mol. The molecule has 0 aliphatic carbocycles. The largest absolute Gasteiger partial charge is 0.493 e. The third kappa shape index (κ3) is 5.03. The number of nitro benzene ring substituents is 1. The SMILES string of the molecule is COc1ccc(N2CC(C(=O)NCCNc3ccccc3[N+](=O)[O-])CC2=O)cc1OC. The molecule has 1 atom stereocenters. The molecule has 0 radical (unpaired) electrons. The molecule has 10 nitrogen and oxygen atoms in total. The summed E-state index contributed by atoms with van der Waals surface area (Å²) < 4.78 is 10.5. The van der Waals surface area contributed by atoms with Crippen molar-refractivity contribution >= 4 is 28.9 Å². The van der Waals surface area contributed by atoms with Gasteiger partial charge in [-0.2, -0.15) is 0 Å². The quantitative estimate of drug-likeness (QED) is 0.356. The average molecular weight is 428 g/mol. The van der Waals surface area contributed by atoms with E-state index in [1.54, 1.807) is 41.3 Å². The second kappa shape index (κ2) is 9.79. The van der Waals surface area contributed by atoms with Gasteiger partial charge in [0.1, 0.15) is 5.69 Å². The monoisotopic (exact) mass is 428 g/mol. The lowest BCUT2D eigenvalue weighted by Gasteiger charge is -2.18. The Morgan fingerprint density at radius 1 is 1.16 bits per heavy atom. The summed E-state index contributed by atoms with van der Waals surface area (Å²) in [7, 11) is 3.05. The van der Waals surface area contributed by atoms with Crippen molar-refractivity contribution in [2.45, 2.75) is 6.42 Å². The van der Waals surface area contributed by atoms with Gasteiger partial charge in [-0.3, -0.25) is 19.7 Å². The number of carbonyl (C=O) groups excluding carboxylic acids is 2. The Bertz CT molecular complexity index is 980. The van der Waals surface area contributed by atoms with Crippen molar-refractivity contribution in [1.29, 1.82) is 0 Å². The number of para-hydroxylation sites is 2.